The van der Waals surface area contributed by atoms with Crippen LogP contribution < -0.4 is 5.30 Å². The molecule has 0 nitrogen and oxygen atoms in total. The van der Waals surface area contributed by atoms with Gasteiger partial charge in [0.1, 0.15) is 0 Å². The summed E-state index contributed by atoms with van der Waals surface area (Å²) in [4.78, 5) is 0. The van der Waals surface area contributed by atoms with Crippen LogP contribution in [0.2, 0.25) is 0 Å². The van der Waals surface area contributed by atoms with Crippen molar-refractivity contribution in [1.29, 1.82) is 0 Å². The van der Waals surface area contributed by atoms with Crippen LogP contribution in [0.25, 0.3) is 11.1 Å². The molecule has 1 heteroatoms. The van der Waals surface area contributed by atoms with Gasteiger partial charge in [0, 0.05) is 0 Å². The second-order valence-electron chi connectivity index (χ2n) is 4.43. The van der Waals surface area contributed by atoms with Crippen LogP contribution in [-0.2, 0) is 0 Å². The summed E-state index contributed by atoms with van der Waals surface area (Å²) in [5, 5.41) is 2.64. The number of hydrogen-bond donors (Lipinski definition) is 0. The van der Waals surface area contributed by atoms with Gasteiger partial charge in [-0.15, -0.1) is 0 Å². The van der Waals surface area contributed by atoms with E-state index in [0.29, 0.717) is 8.58 Å². The molecule has 0 saturated heterocycles. The van der Waals surface area contributed by atoms with Gasteiger partial charge in [-0.05, 0) is 28.7 Å². The zero-order chi connectivity index (χ0) is 14.2. The molecular weight excluding hydrogens is 259 g/mol. The fourth-order valence-corrected chi connectivity index (χ4v) is 3.11. The largest absolute Gasteiger partial charge is 0.0990 e. The van der Waals surface area contributed by atoms with Gasteiger partial charge in [-0.2, -0.15) is 0 Å². The Kier molecular flexibility index (Phi) is 5.53. The van der Waals surface area contributed by atoms with Crippen molar-refractivity contribution in [3.8, 4) is 11.1 Å². The van der Waals surface area contributed by atoms with Crippen LogP contribution in [0.4, 0.5) is 0 Å². The summed E-state index contributed by atoms with van der Waals surface area (Å²) in [6, 6.07) is 19.3. The van der Waals surface area contributed by atoms with E-state index >= 15 is 0 Å². The average molecular weight is 278 g/mol. The molecule has 0 N–H and O–H groups in total. The fourth-order valence-electron chi connectivity index (χ4n) is 1.99. The molecule has 0 aromatic heterocycles. The first-order valence-electron chi connectivity index (χ1n) is 6.71. The Balaban J connectivity index is 2.16. The number of benzene rings is 2. The smallest absolute Gasteiger partial charge is 0.0184 e. The first-order chi connectivity index (χ1) is 9.83. The zero-order valence-corrected chi connectivity index (χ0v) is 12.7. The van der Waals surface area contributed by atoms with Crippen LogP contribution in [0.3, 0.4) is 0 Å². The number of allylic oxidation sites excluding steroid dienone is 5. The summed E-state index contributed by atoms with van der Waals surface area (Å²) in [6.07, 6.45) is 8.14. The summed E-state index contributed by atoms with van der Waals surface area (Å²) in [7, 11) is 0.666. The van der Waals surface area contributed by atoms with E-state index in [1.165, 1.54) is 21.7 Å². The van der Waals surface area contributed by atoms with Crippen molar-refractivity contribution < 1.29 is 0 Å². The third-order valence-corrected chi connectivity index (χ3v) is 4.17. The Morgan fingerprint density at radius 3 is 2.20 bits per heavy atom. The van der Waals surface area contributed by atoms with Gasteiger partial charge in [0.25, 0.3) is 0 Å². The molecule has 0 spiro atoms. The molecule has 0 heterocycles. The zero-order valence-electron chi connectivity index (χ0n) is 11.7. The highest BCUT2D eigenvalue weighted by atomic mass is 31.1. The Morgan fingerprint density at radius 2 is 1.60 bits per heavy atom. The molecule has 0 aliphatic rings. The molecule has 0 aliphatic heterocycles. The van der Waals surface area contributed by atoms with Gasteiger partial charge in [-0.1, -0.05) is 94.1 Å². The second-order valence-corrected chi connectivity index (χ2v) is 5.83. The molecule has 0 bridgehead atoms. The van der Waals surface area contributed by atoms with E-state index in [1.54, 1.807) is 0 Å². The molecule has 1 atom stereocenters. The quantitative estimate of drug-likeness (QED) is 0.514. The van der Waals surface area contributed by atoms with Crippen LogP contribution in [0.15, 0.2) is 90.8 Å². The van der Waals surface area contributed by atoms with E-state index in [0.717, 1.165) is 0 Å². The SMILES string of the molecule is C=C/C=C(\C=C/C)Pc1ccc(-c2ccccc2)cc1. The minimum Gasteiger partial charge on any atom is -0.0990 e. The summed E-state index contributed by atoms with van der Waals surface area (Å²) in [6.45, 7) is 5.81. The minimum absolute atomic E-state index is 0.666. The van der Waals surface area contributed by atoms with E-state index in [2.05, 4.69) is 73.3 Å². The van der Waals surface area contributed by atoms with Crippen molar-refractivity contribution in [2.75, 3.05) is 0 Å². The van der Waals surface area contributed by atoms with Gasteiger partial charge in [-0.3, -0.25) is 0 Å². The summed E-state index contributed by atoms with van der Waals surface area (Å²) in [5.74, 6) is 0. The number of hydrogen-bond acceptors (Lipinski definition) is 0. The lowest BCUT2D eigenvalue weighted by Crippen LogP contribution is -1.93. The third kappa shape index (κ3) is 4.05. The molecule has 0 fully saturated rings. The first kappa shape index (κ1) is 14.5. The van der Waals surface area contributed by atoms with Crippen LogP contribution in [0.1, 0.15) is 6.92 Å². The molecule has 20 heavy (non-hydrogen) atoms. The highest BCUT2D eigenvalue weighted by Crippen LogP contribution is 2.26. The van der Waals surface area contributed by atoms with Gasteiger partial charge in [0.2, 0.25) is 0 Å². The standard InChI is InChI=1S/C19H19P/c1-3-8-18(9-4-2)20-19-14-12-17(13-15-19)16-10-6-5-7-11-16/h3-15,20H,1H2,2H3/b9-4-,18-8+. The van der Waals surface area contributed by atoms with E-state index < -0.39 is 0 Å². The molecule has 2 aromatic rings. The molecule has 2 rings (SSSR count). The summed E-state index contributed by atoms with van der Waals surface area (Å²) >= 11 is 0. The van der Waals surface area contributed by atoms with Gasteiger partial charge < -0.3 is 0 Å². The van der Waals surface area contributed by atoms with Crippen molar-refractivity contribution in [2.24, 2.45) is 0 Å². The second kappa shape index (κ2) is 7.62. The number of rotatable bonds is 5. The van der Waals surface area contributed by atoms with Crippen molar-refractivity contribution in [3.63, 3.8) is 0 Å². The maximum absolute atomic E-state index is 3.77. The van der Waals surface area contributed by atoms with E-state index in [1.807, 2.05) is 19.1 Å². The lowest BCUT2D eigenvalue weighted by Gasteiger charge is -2.05. The molecule has 0 amide bonds. The van der Waals surface area contributed by atoms with Gasteiger partial charge >= 0.3 is 0 Å². The maximum Gasteiger partial charge on any atom is -0.0184 e. The third-order valence-electron chi connectivity index (χ3n) is 2.92. The Morgan fingerprint density at radius 1 is 0.950 bits per heavy atom. The lowest BCUT2D eigenvalue weighted by atomic mass is 10.1. The van der Waals surface area contributed by atoms with Crippen LogP contribution in [0, 0.1) is 0 Å². The Bertz CT molecular complexity index is 604. The monoisotopic (exact) mass is 278 g/mol. The topological polar surface area (TPSA) is 0 Å². The lowest BCUT2D eigenvalue weighted by molar-refractivity contribution is 1.64. The van der Waals surface area contributed by atoms with Crippen molar-refractivity contribution >= 4 is 13.9 Å². The van der Waals surface area contributed by atoms with Gasteiger partial charge in [0.15, 0.2) is 0 Å². The summed E-state index contributed by atoms with van der Waals surface area (Å²) < 4.78 is 0. The van der Waals surface area contributed by atoms with E-state index in [9.17, 15) is 0 Å². The molecule has 1 unspecified atom stereocenters. The molecule has 2 aromatic carbocycles. The Hall–Kier alpha value is -1.91. The van der Waals surface area contributed by atoms with Crippen LogP contribution >= 0.6 is 8.58 Å². The fraction of sp³-hybridized carbons (Fsp3) is 0.0526. The Labute approximate surface area is 123 Å². The average Bonchev–Trinajstić information content (AvgIpc) is 2.49. The molecular formula is C19H19P. The van der Waals surface area contributed by atoms with Gasteiger partial charge in [-0.25, -0.2) is 0 Å². The van der Waals surface area contributed by atoms with Gasteiger partial charge in [0.05, 0.1) is 0 Å². The molecule has 100 valence electrons. The van der Waals surface area contributed by atoms with Crippen molar-refractivity contribution in [1.82, 2.24) is 0 Å². The highest BCUT2D eigenvalue weighted by Gasteiger charge is 1.99. The van der Waals surface area contributed by atoms with E-state index in [4.69, 9.17) is 0 Å². The molecule has 0 saturated carbocycles. The molecule has 0 aliphatic carbocycles. The van der Waals surface area contributed by atoms with Crippen molar-refractivity contribution in [2.45, 2.75) is 6.92 Å². The molecule has 0 radical (unpaired) electrons. The van der Waals surface area contributed by atoms with Crippen LogP contribution in [-0.4, -0.2) is 0 Å². The maximum atomic E-state index is 3.77. The first-order valence-corrected chi connectivity index (χ1v) is 7.71. The highest BCUT2D eigenvalue weighted by molar-refractivity contribution is 7.52. The summed E-state index contributed by atoms with van der Waals surface area (Å²) in [5.41, 5.74) is 2.53. The predicted molar refractivity (Wildman–Crippen MR) is 92.9 cm³/mol. The van der Waals surface area contributed by atoms with Crippen LogP contribution in [0.5, 0.6) is 0 Å². The minimum atomic E-state index is 0.666. The predicted octanol–water partition coefficient (Wildman–Crippen LogP) is 5.30. The normalized spacial score (nSPS) is 12.3. The van der Waals surface area contributed by atoms with E-state index in [-0.39, 0.29) is 0 Å². The van der Waals surface area contributed by atoms with Crippen molar-refractivity contribution in [3.05, 3.63) is 90.8 Å².